The molecule has 6 nitrogen and oxygen atoms in total. The Morgan fingerprint density at radius 3 is 2.44 bits per heavy atom. The van der Waals surface area contributed by atoms with Crippen molar-refractivity contribution in [2.45, 2.75) is 26.4 Å². The van der Waals surface area contributed by atoms with Crippen LogP contribution in [0.25, 0.3) is 0 Å². The van der Waals surface area contributed by atoms with Gasteiger partial charge in [-0.3, -0.25) is 14.4 Å². The molecule has 2 aromatic carbocycles. The van der Waals surface area contributed by atoms with Gasteiger partial charge in [0.25, 0.3) is 5.91 Å². The van der Waals surface area contributed by atoms with Gasteiger partial charge in [-0.15, -0.1) is 0 Å². The molecule has 4 rings (SSSR count). The fourth-order valence-electron chi connectivity index (χ4n) is 4.20. The average molecular weight is 437 g/mol. The van der Waals surface area contributed by atoms with Gasteiger partial charge in [-0.2, -0.15) is 5.10 Å². The fraction of sp³-hybridized carbons (Fsp3) is 0.360. The SMILES string of the molecule is CCc1c(C(=O)N2CCN(Cc3ccc(OC)c(F)c3)CC2)cnn1Cc1ccccc1. The van der Waals surface area contributed by atoms with E-state index in [0.717, 1.165) is 36.3 Å². The number of amides is 1. The highest BCUT2D eigenvalue weighted by molar-refractivity contribution is 5.95. The van der Waals surface area contributed by atoms with Crippen LogP contribution in [0, 0.1) is 5.82 Å². The molecule has 0 unspecified atom stereocenters. The number of hydrogen-bond acceptors (Lipinski definition) is 4. The second kappa shape index (κ2) is 9.96. The lowest BCUT2D eigenvalue weighted by Crippen LogP contribution is -2.48. The molecule has 168 valence electrons. The van der Waals surface area contributed by atoms with Gasteiger partial charge in [0.2, 0.25) is 0 Å². The summed E-state index contributed by atoms with van der Waals surface area (Å²) in [5.41, 5.74) is 3.72. The van der Waals surface area contributed by atoms with E-state index in [4.69, 9.17) is 4.74 Å². The number of halogens is 1. The normalized spacial score (nSPS) is 14.5. The van der Waals surface area contributed by atoms with Gasteiger partial charge in [-0.1, -0.05) is 43.3 Å². The molecule has 1 aliphatic rings. The van der Waals surface area contributed by atoms with Crippen LogP contribution < -0.4 is 4.74 Å². The van der Waals surface area contributed by atoms with Gasteiger partial charge < -0.3 is 9.64 Å². The minimum absolute atomic E-state index is 0.0382. The molecule has 1 aromatic heterocycles. The van der Waals surface area contributed by atoms with E-state index in [-0.39, 0.29) is 17.5 Å². The molecule has 1 fully saturated rings. The molecule has 2 heterocycles. The molecule has 0 N–H and O–H groups in total. The molecule has 0 spiro atoms. The van der Waals surface area contributed by atoms with E-state index in [1.165, 1.54) is 13.2 Å². The van der Waals surface area contributed by atoms with Crippen LogP contribution in [0.2, 0.25) is 0 Å². The van der Waals surface area contributed by atoms with Crippen LogP contribution in [0.5, 0.6) is 5.75 Å². The lowest BCUT2D eigenvalue weighted by atomic mass is 10.1. The third-order valence-electron chi connectivity index (χ3n) is 5.97. The van der Waals surface area contributed by atoms with Crippen molar-refractivity contribution in [3.8, 4) is 5.75 Å². The monoisotopic (exact) mass is 436 g/mol. The van der Waals surface area contributed by atoms with Gasteiger partial charge in [0.05, 0.1) is 31.1 Å². The minimum Gasteiger partial charge on any atom is -0.494 e. The number of carbonyl (C=O) groups excluding carboxylic acids is 1. The van der Waals surface area contributed by atoms with Crippen molar-refractivity contribution in [3.05, 3.63) is 82.9 Å². The Morgan fingerprint density at radius 1 is 1.03 bits per heavy atom. The number of carbonyl (C=O) groups is 1. The van der Waals surface area contributed by atoms with Gasteiger partial charge in [-0.05, 0) is 29.7 Å². The number of piperazine rings is 1. The third kappa shape index (κ3) is 4.83. The first-order chi connectivity index (χ1) is 15.6. The highest BCUT2D eigenvalue weighted by Crippen LogP contribution is 2.20. The lowest BCUT2D eigenvalue weighted by molar-refractivity contribution is 0.0627. The molecule has 0 radical (unpaired) electrons. The Bertz CT molecular complexity index is 1060. The summed E-state index contributed by atoms with van der Waals surface area (Å²) in [5, 5.41) is 4.50. The van der Waals surface area contributed by atoms with Gasteiger partial charge in [0.15, 0.2) is 11.6 Å². The Labute approximate surface area is 188 Å². The van der Waals surface area contributed by atoms with Gasteiger partial charge >= 0.3 is 0 Å². The summed E-state index contributed by atoms with van der Waals surface area (Å²) in [6.45, 7) is 6.15. The topological polar surface area (TPSA) is 50.6 Å². The number of ether oxygens (including phenoxy) is 1. The Hall–Kier alpha value is -3.19. The summed E-state index contributed by atoms with van der Waals surface area (Å²) in [4.78, 5) is 17.4. The molecule has 1 saturated heterocycles. The zero-order chi connectivity index (χ0) is 22.5. The summed E-state index contributed by atoms with van der Waals surface area (Å²) >= 11 is 0. The summed E-state index contributed by atoms with van der Waals surface area (Å²) in [6.07, 6.45) is 2.45. The molecule has 0 atom stereocenters. The Morgan fingerprint density at radius 2 is 1.78 bits per heavy atom. The van der Waals surface area contributed by atoms with E-state index >= 15 is 0 Å². The first-order valence-electron chi connectivity index (χ1n) is 11.0. The second-order valence-electron chi connectivity index (χ2n) is 8.04. The molecule has 0 aliphatic carbocycles. The smallest absolute Gasteiger partial charge is 0.257 e. The largest absolute Gasteiger partial charge is 0.494 e. The Balaban J connectivity index is 1.37. The van der Waals surface area contributed by atoms with Crippen molar-refractivity contribution < 1.29 is 13.9 Å². The molecule has 0 saturated carbocycles. The predicted octanol–water partition coefficient (Wildman–Crippen LogP) is 3.60. The summed E-state index contributed by atoms with van der Waals surface area (Å²) in [7, 11) is 1.46. The van der Waals surface area contributed by atoms with Crippen LogP contribution >= 0.6 is 0 Å². The number of rotatable bonds is 7. The van der Waals surface area contributed by atoms with Crippen molar-refractivity contribution in [2.75, 3.05) is 33.3 Å². The minimum atomic E-state index is -0.349. The zero-order valence-corrected chi connectivity index (χ0v) is 18.6. The molecule has 3 aromatic rings. The van der Waals surface area contributed by atoms with Crippen LogP contribution in [0.3, 0.4) is 0 Å². The van der Waals surface area contributed by atoms with Crippen LogP contribution in [0.4, 0.5) is 4.39 Å². The van der Waals surface area contributed by atoms with Crippen molar-refractivity contribution in [3.63, 3.8) is 0 Å². The van der Waals surface area contributed by atoms with E-state index in [2.05, 4.69) is 29.1 Å². The van der Waals surface area contributed by atoms with E-state index in [1.807, 2.05) is 33.8 Å². The molecule has 32 heavy (non-hydrogen) atoms. The zero-order valence-electron chi connectivity index (χ0n) is 18.6. The van der Waals surface area contributed by atoms with Crippen LogP contribution in [0.15, 0.2) is 54.7 Å². The van der Waals surface area contributed by atoms with E-state index in [1.54, 1.807) is 12.3 Å². The molecule has 1 amide bonds. The predicted molar refractivity (Wildman–Crippen MR) is 121 cm³/mol. The van der Waals surface area contributed by atoms with E-state index in [9.17, 15) is 9.18 Å². The standard InChI is InChI=1S/C25H29FN4O2/c1-3-23-21(16-27-30(23)18-19-7-5-4-6-8-19)25(31)29-13-11-28(12-14-29)17-20-9-10-24(32-2)22(26)15-20/h4-10,15-16H,3,11-14,17-18H2,1-2H3. The van der Waals surface area contributed by atoms with Crippen molar-refractivity contribution in [2.24, 2.45) is 0 Å². The van der Waals surface area contributed by atoms with E-state index < -0.39 is 0 Å². The summed E-state index contributed by atoms with van der Waals surface area (Å²) < 4.78 is 20.9. The first kappa shape index (κ1) is 22.0. The number of aromatic nitrogens is 2. The fourth-order valence-corrected chi connectivity index (χ4v) is 4.20. The van der Waals surface area contributed by atoms with Gasteiger partial charge in [-0.25, -0.2) is 4.39 Å². The summed E-state index contributed by atoms with van der Waals surface area (Å²) in [5.74, 6) is -0.0570. The molecule has 0 bridgehead atoms. The highest BCUT2D eigenvalue weighted by atomic mass is 19.1. The van der Waals surface area contributed by atoms with Crippen molar-refractivity contribution >= 4 is 5.91 Å². The van der Waals surface area contributed by atoms with Crippen molar-refractivity contribution in [1.82, 2.24) is 19.6 Å². The molecular formula is C25H29FN4O2. The number of methoxy groups -OCH3 is 1. The maximum absolute atomic E-state index is 14.0. The quantitative estimate of drug-likeness (QED) is 0.568. The first-order valence-corrected chi connectivity index (χ1v) is 11.0. The van der Waals surface area contributed by atoms with Crippen LogP contribution in [0.1, 0.15) is 34.1 Å². The lowest BCUT2D eigenvalue weighted by Gasteiger charge is -2.34. The molecule has 1 aliphatic heterocycles. The van der Waals surface area contributed by atoms with Crippen LogP contribution in [-0.2, 0) is 19.5 Å². The average Bonchev–Trinajstić information content (AvgIpc) is 3.22. The number of benzene rings is 2. The maximum Gasteiger partial charge on any atom is 0.257 e. The van der Waals surface area contributed by atoms with Gasteiger partial charge in [0, 0.05) is 32.7 Å². The number of nitrogens with zero attached hydrogens (tertiary/aromatic N) is 4. The number of hydrogen-bond donors (Lipinski definition) is 0. The molecular weight excluding hydrogens is 407 g/mol. The van der Waals surface area contributed by atoms with E-state index in [0.29, 0.717) is 31.7 Å². The highest BCUT2D eigenvalue weighted by Gasteiger charge is 2.25. The second-order valence-corrected chi connectivity index (χ2v) is 8.04. The third-order valence-corrected chi connectivity index (χ3v) is 5.97. The van der Waals surface area contributed by atoms with Gasteiger partial charge in [0.1, 0.15) is 0 Å². The molecule has 7 heteroatoms. The maximum atomic E-state index is 14.0. The van der Waals surface area contributed by atoms with Crippen LogP contribution in [-0.4, -0.2) is 58.8 Å². The van der Waals surface area contributed by atoms with Crippen molar-refractivity contribution in [1.29, 1.82) is 0 Å². The summed E-state index contributed by atoms with van der Waals surface area (Å²) in [6, 6.07) is 15.2. The Kier molecular flexibility index (Phi) is 6.85.